The van der Waals surface area contributed by atoms with Crippen LogP contribution < -0.4 is 11.1 Å². The molecule has 29 heavy (non-hydrogen) atoms. The van der Waals surface area contributed by atoms with Gasteiger partial charge in [-0.05, 0) is 55.6 Å². The lowest BCUT2D eigenvalue weighted by Crippen LogP contribution is -2.46. The average molecular weight is 393 g/mol. The largest absolute Gasteiger partial charge is 0.388 e. The van der Waals surface area contributed by atoms with E-state index < -0.39 is 24.3 Å². The van der Waals surface area contributed by atoms with Gasteiger partial charge in [-0.1, -0.05) is 30.9 Å². The van der Waals surface area contributed by atoms with Crippen LogP contribution in [0.15, 0.2) is 48.5 Å². The minimum Gasteiger partial charge on any atom is -0.388 e. The molecule has 0 aromatic heterocycles. The Bertz CT molecular complexity index is 880. The molecule has 0 heterocycles. The van der Waals surface area contributed by atoms with Crippen LogP contribution in [0.2, 0.25) is 0 Å². The number of aliphatic hydroxyl groups is 1. The molecule has 2 aromatic rings. The third kappa shape index (κ3) is 6.84. The van der Waals surface area contributed by atoms with Crippen molar-refractivity contribution in [1.82, 2.24) is 10.2 Å². The molecule has 6 heteroatoms. The molecular weight excluding hydrogens is 366 g/mol. The maximum atomic E-state index is 12.2. The summed E-state index contributed by atoms with van der Waals surface area (Å²) < 4.78 is 0. The number of nitrogens with zero attached hydrogens (tertiary/aromatic N) is 1. The predicted molar refractivity (Wildman–Crippen MR) is 113 cm³/mol. The fraction of sp³-hybridized carbons (Fsp3) is 0.304. The van der Waals surface area contributed by atoms with Crippen molar-refractivity contribution in [1.29, 1.82) is 0 Å². The monoisotopic (exact) mass is 393 g/mol. The molecule has 1 atom stereocenters. The van der Waals surface area contributed by atoms with Gasteiger partial charge in [-0.25, -0.2) is 0 Å². The Morgan fingerprint density at radius 1 is 1.07 bits per heavy atom. The number of hydrogen-bond acceptors (Lipinski definition) is 5. The molecule has 0 bridgehead atoms. The van der Waals surface area contributed by atoms with Crippen LogP contribution in [0, 0.1) is 11.8 Å². The highest BCUT2D eigenvalue weighted by molar-refractivity contribution is 5.98. The standard InChI is InChI=1S/C23H27N3O3/c1-3-26(2)15-19-8-6-17(7-9-19)4-5-18-10-12-20(13-11-18)23(29)25-21(14-24)22(28)16-27/h6-13,21,27H,3,14-16,24H2,1-2H3,(H,25,29)/t21-/m0/s1. The number of carbonyl (C=O) groups excluding carboxylic acids is 2. The first-order valence-corrected chi connectivity index (χ1v) is 9.50. The van der Waals surface area contributed by atoms with Gasteiger partial charge in [0.15, 0.2) is 5.78 Å². The van der Waals surface area contributed by atoms with Gasteiger partial charge in [-0.3, -0.25) is 9.59 Å². The number of aliphatic hydroxyl groups excluding tert-OH is 1. The van der Waals surface area contributed by atoms with Crippen LogP contribution in [0.1, 0.15) is 34.0 Å². The molecule has 6 nitrogen and oxygen atoms in total. The first kappa shape index (κ1) is 22.3. The number of amides is 1. The van der Waals surface area contributed by atoms with Gasteiger partial charge < -0.3 is 21.1 Å². The van der Waals surface area contributed by atoms with E-state index in [-0.39, 0.29) is 6.54 Å². The average Bonchev–Trinajstić information content (AvgIpc) is 2.76. The number of rotatable bonds is 8. The van der Waals surface area contributed by atoms with Crippen molar-refractivity contribution in [3.05, 3.63) is 70.8 Å². The quantitative estimate of drug-likeness (QED) is 0.585. The zero-order valence-electron chi connectivity index (χ0n) is 16.8. The van der Waals surface area contributed by atoms with Crippen LogP contribution in [0.25, 0.3) is 0 Å². The first-order valence-electron chi connectivity index (χ1n) is 9.50. The molecule has 0 aliphatic rings. The molecule has 1 amide bonds. The summed E-state index contributed by atoms with van der Waals surface area (Å²) in [6, 6.07) is 14.0. The Labute approximate surface area is 171 Å². The minimum atomic E-state index is -0.896. The van der Waals surface area contributed by atoms with Gasteiger partial charge in [0, 0.05) is 29.8 Å². The van der Waals surface area contributed by atoms with Crippen molar-refractivity contribution in [3.8, 4) is 11.8 Å². The summed E-state index contributed by atoms with van der Waals surface area (Å²) in [5.74, 6) is 5.25. The predicted octanol–water partition coefficient (Wildman–Crippen LogP) is 1.16. The number of ketones is 1. The Morgan fingerprint density at radius 2 is 1.62 bits per heavy atom. The lowest BCUT2D eigenvalue weighted by atomic mass is 10.1. The number of Topliss-reactive ketones (excluding diaryl/α,β-unsaturated/α-hetero) is 1. The van der Waals surface area contributed by atoms with Gasteiger partial charge in [0.05, 0.1) is 0 Å². The lowest BCUT2D eigenvalue weighted by molar-refractivity contribution is -0.123. The van der Waals surface area contributed by atoms with E-state index in [0.717, 1.165) is 24.2 Å². The number of nitrogens with one attached hydrogen (secondary N) is 1. The molecule has 2 aromatic carbocycles. The van der Waals surface area contributed by atoms with E-state index in [2.05, 4.69) is 48.2 Å². The topological polar surface area (TPSA) is 95.7 Å². The van der Waals surface area contributed by atoms with Crippen LogP contribution in [0.3, 0.4) is 0 Å². The van der Waals surface area contributed by atoms with Crippen LogP contribution in [-0.4, -0.2) is 54.5 Å². The fourth-order valence-corrected chi connectivity index (χ4v) is 2.59. The summed E-state index contributed by atoms with van der Waals surface area (Å²) in [6.07, 6.45) is 0. The highest BCUT2D eigenvalue weighted by Gasteiger charge is 2.18. The molecule has 2 rings (SSSR count). The van der Waals surface area contributed by atoms with E-state index in [9.17, 15) is 9.59 Å². The number of carbonyl (C=O) groups is 2. The van der Waals surface area contributed by atoms with E-state index in [0.29, 0.717) is 5.56 Å². The molecule has 0 radical (unpaired) electrons. The van der Waals surface area contributed by atoms with Gasteiger partial charge >= 0.3 is 0 Å². The van der Waals surface area contributed by atoms with Crippen molar-refractivity contribution in [2.45, 2.75) is 19.5 Å². The van der Waals surface area contributed by atoms with Gasteiger partial charge in [-0.2, -0.15) is 0 Å². The van der Waals surface area contributed by atoms with E-state index in [4.69, 9.17) is 10.8 Å². The highest BCUT2D eigenvalue weighted by Crippen LogP contribution is 2.07. The van der Waals surface area contributed by atoms with Crippen molar-refractivity contribution < 1.29 is 14.7 Å². The highest BCUT2D eigenvalue weighted by atomic mass is 16.3. The van der Waals surface area contributed by atoms with Gasteiger partial charge in [0.25, 0.3) is 5.91 Å². The zero-order valence-corrected chi connectivity index (χ0v) is 16.8. The Morgan fingerprint density at radius 3 is 2.10 bits per heavy atom. The van der Waals surface area contributed by atoms with E-state index in [1.54, 1.807) is 24.3 Å². The molecule has 0 spiro atoms. The molecule has 0 fully saturated rings. The smallest absolute Gasteiger partial charge is 0.251 e. The number of hydrogen-bond donors (Lipinski definition) is 3. The van der Waals surface area contributed by atoms with Crippen molar-refractivity contribution in [2.75, 3.05) is 26.7 Å². The first-order chi connectivity index (χ1) is 14.0. The Balaban J connectivity index is 2.01. The van der Waals surface area contributed by atoms with Crippen LogP contribution in [-0.2, 0) is 11.3 Å². The summed E-state index contributed by atoms with van der Waals surface area (Å²) in [5, 5.41) is 11.4. The van der Waals surface area contributed by atoms with Gasteiger partial charge in [-0.15, -0.1) is 0 Å². The Hall–Kier alpha value is -2.98. The molecule has 0 aliphatic carbocycles. The normalized spacial score (nSPS) is 11.5. The van der Waals surface area contributed by atoms with Crippen LogP contribution in [0.4, 0.5) is 0 Å². The molecule has 0 saturated carbocycles. The molecule has 4 N–H and O–H groups in total. The zero-order chi connectivity index (χ0) is 21.2. The summed E-state index contributed by atoms with van der Waals surface area (Å²) in [5.41, 5.74) is 8.80. The molecular formula is C23H27N3O3. The molecule has 152 valence electrons. The molecule has 0 aliphatic heterocycles. The Kier molecular flexibility index (Phi) is 8.56. The van der Waals surface area contributed by atoms with Gasteiger partial charge in [0.1, 0.15) is 12.6 Å². The lowest BCUT2D eigenvalue weighted by Gasteiger charge is -2.14. The summed E-state index contributed by atoms with van der Waals surface area (Å²) in [4.78, 5) is 26.0. The third-order valence-electron chi connectivity index (χ3n) is 4.53. The summed E-state index contributed by atoms with van der Waals surface area (Å²) in [6.45, 7) is 3.30. The van der Waals surface area contributed by atoms with E-state index >= 15 is 0 Å². The number of nitrogens with two attached hydrogens (primary N) is 1. The third-order valence-corrected chi connectivity index (χ3v) is 4.53. The minimum absolute atomic E-state index is 0.0672. The second-order valence-electron chi connectivity index (χ2n) is 6.74. The van der Waals surface area contributed by atoms with Crippen molar-refractivity contribution in [3.63, 3.8) is 0 Å². The fourth-order valence-electron chi connectivity index (χ4n) is 2.59. The second-order valence-corrected chi connectivity index (χ2v) is 6.74. The van der Waals surface area contributed by atoms with Gasteiger partial charge in [0.2, 0.25) is 0 Å². The maximum absolute atomic E-state index is 12.2. The van der Waals surface area contributed by atoms with Crippen LogP contribution >= 0.6 is 0 Å². The number of benzene rings is 2. The van der Waals surface area contributed by atoms with Crippen molar-refractivity contribution in [2.24, 2.45) is 5.73 Å². The maximum Gasteiger partial charge on any atom is 0.251 e. The summed E-state index contributed by atoms with van der Waals surface area (Å²) in [7, 11) is 2.08. The van der Waals surface area contributed by atoms with E-state index in [1.807, 2.05) is 12.1 Å². The SMILES string of the molecule is CCN(C)Cc1ccc(C#Cc2ccc(C(=O)N[C@@H](CN)C(=O)CO)cc2)cc1. The summed E-state index contributed by atoms with van der Waals surface area (Å²) >= 11 is 0. The molecule has 0 saturated heterocycles. The second kappa shape index (κ2) is 11.1. The molecule has 0 unspecified atom stereocenters. The van der Waals surface area contributed by atoms with Crippen molar-refractivity contribution >= 4 is 11.7 Å². The van der Waals surface area contributed by atoms with Crippen LogP contribution in [0.5, 0.6) is 0 Å². The van der Waals surface area contributed by atoms with E-state index in [1.165, 1.54) is 5.56 Å².